The number of methoxy groups -OCH3 is 1. The van der Waals surface area contributed by atoms with Crippen LogP contribution in [0.15, 0.2) is 21.2 Å². The zero-order valence-electron chi connectivity index (χ0n) is 9.70. The molecular formula is C12H18BrNO2. The molecule has 1 N–H and O–H groups in total. The van der Waals surface area contributed by atoms with E-state index in [4.69, 9.17) is 9.15 Å². The summed E-state index contributed by atoms with van der Waals surface area (Å²) in [5.41, 5.74) is 0. The van der Waals surface area contributed by atoms with Gasteiger partial charge in [0, 0.05) is 7.11 Å². The van der Waals surface area contributed by atoms with Gasteiger partial charge in [-0.25, -0.2) is 0 Å². The van der Waals surface area contributed by atoms with Crippen LogP contribution in [0.2, 0.25) is 0 Å². The van der Waals surface area contributed by atoms with E-state index in [1.807, 2.05) is 6.07 Å². The van der Waals surface area contributed by atoms with Crippen molar-refractivity contribution in [3.05, 3.63) is 22.6 Å². The molecule has 0 radical (unpaired) electrons. The Bertz CT molecular complexity index is 336. The Kier molecular flexibility index (Phi) is 4.05. The Morgan fingerprint density at radius 2 is 2.38 bits per heavy atom. The van der Waals surface area contributed by atoms with Gasteiger partial charge in [-0.05, 0) is 47.3 Å². The Balaban J connectivity index is 2.18. The predicted octanol–water partition coefficient (Wildman–Crippen LogP) is 3.12. The first kappa shape index (κ1) is 12.1. The average molecular weight is 288 g/mol. The number of nitrogens with one attached hydrogen (secondary N) is 1. The summed E-state index contributed by atoms with van der Waals surface area (Å²) in [6.07, 6.45) is 4.45. The highest BCUT2D eigenvalue weighted by molar-refractivity contribution is 9.10. The van der Waals surface area contributed by atoms with Gasteiger partial charge < -0.3 is 14.5 Å². The quantitative estimate of drug-likeness (QED) is 0.873. The molecule has 1 aromatic heterocycles. The summed E-state index contributed by atoms with van der Waals surface area (Å²) in [5.74, 6) is 1.62. The van der Waals surface area contributed by atoms with Crippen molar-refractivity contribution >= 4 is 15.9 Å². The Morgan fingerprint density at radius 3 is 2.81 bits per heavy atom. The third-order valence-corrected chi connectivity index (χ3v) is 3.69. The van der Waals surface area contributed by atoms with E-state index in [-0.39, 0.29) is 12.1 Å². The molecule has 16 heavy (non-hydrogen) atoms. The van der Waals surface area contributed by atoms with E-state index in [1.54, 1.807) is 13.4 Å². The molecule has 1 aliphatic carbocycles. The van der Waals surface area contributed by atoms with Crippen LogP contribution >= 0.6 is 15.9 Å². The van der Waals surface area contributed by atoms with Gasteiger partial charge in [0.15, 0.2) is 0 Å². The van der Waals surface area contributed by atoms with Gasteiger partial charge in [-0.15, -0.1) is 0 Å². The molecule has 0 saturated heterocycles. The molecule has 2 unspecified atom stereocenters. The first-order chi connectivity index (χ1) is 7.77. The molecule has 2 atom stereocenters. The number of likely N-dealkylation sites (N-methyl/N-ethyl adjacent to an activating group) is 1. The number of hydrogen-bond acceptors (Lipinski definition) is 3. The second-order valence-electron chi connectivity index (χ2n) is 4.21. The maximum absolute atomic E-state index is 5.62. The topological polar surface area (TPSA) is 34.4 Å². The van der Waals surface area contributed by atoms with E-state index in [1.165, 1.54) is 12.8 Å². The molecule has 0 aliphatic heterocycles. The largest absolute Gasteiger partial charge is 0.466 e. The number of halogens is 1. The molecule has 3 nitrogen and oxygen atoms in total. The van der Waals surface area contributed by atoms with E-state index >= 15 is 0 Å². The van der Waals surface area contributed by atoms with Crippen molar-refractivity contribution in [2.75, 3.05) is 13.7 Å². The van der Waals surface area contributed by atoms with Crippen LogP contribution in [0.1, 0.15) is 31.6 Å². The summed E-state index contributed by atoms with van der Waals surface area (Å²) in [6, 6.07) is 2.08. The van der Waals surface area contributed by atoms with E-state index in [2.05, 4.69) is 28.2 Å². The Morgan fingerprint density at radius 1 is 1.62 bits per heavy atom. The minimum atomic E-state index is 0.145. The van der Waals surface area contributed by atoms with Gasteiger partial charge in [0.25, 0.3) is 0 Å². The summed E-state index contributed by atoms with van der Waals surface area (Å²) in [7, 11) is 1.78. The van der Waals surface area contributed by atoms with Gasteiger partial charge in [0.2, 0.25) is 0 Å². The van der Waals surface area contributed by atoms with E-state index in [0.717, 1.165) is 16.8 Å². The summed E-state index contributed by atoms with van der Waals surface area (Å²) in [4.78, 5) is 0. The van der Waals surface area contributed by atoms with Gasteiger partial charge in [0.05, 0.1) is 22.9 Å². The van der Waals surface area contributed by atoms with E-state index in [0.29, 0.717) is 5.92 Å². The van der Waals surface area contributed by atoms with Gasteiger partial charge in [0.1, 0.15) is 5.76 Å². The SMILES string of the molecule is CCNC(c1occc1Br)C(OC)C1CC1. The maximum atomic E-state index is 5.62. The van der Waals surface area contributed by atoms with Crippen molar-refractivity contribution in [3.63, 3.8) is 0 Å². The van der Waals surface area contributed by atoms with Crippen molar-refractivity contribution in [1.82, 2.24) is 5.32 Å². The van der Waals surface area contributed by atoms with E-state index in [9.17, 15) is 0 Å². The average Bonchev–Trinajstić information content (AvgIpc) is 3.01. The van der Waals surface area contributed by atoms with Crippen molar-refractivity contribution in [2.45, 2.75) is 31.9 Å². The van der Waals surface area contributed by atoms with Crippen molar-refractivity contribution in [3.8, 4) is 0 Å². The highest BCUT2D eigenvalue weighted by Gasteiger charge is 2.39. The van der Waals surface area contributed by atoms with Crippen LogP contribution < -0.4 is 5.32 Å². The fourth-order valence-electron chi connectivity index (χ4n) is 2.13. The normalized spacial score (nSPS) is 19.7. The minimum absolute atomic E-state index is 0.145. The van der Waals surface area contributed by atoms with Crippen molar-refractivity contribution in [1.29, 1.82) is 0 Å². The summed E-state index contributed by atoms with van der Waals surface area (Å²) < 4.78 is 12.2. The lowest BCUT2D eigenvalue weighted by Crippen LogP contribution is -2.34. The number of rotatable bonds is 6. The molecule has 1 fully saturated rings. The molecule has 0 bridgehead atoms. The third-order valence-electron chi connectivity index (χ3n) is 3.04. The highest BCUT2D eigenvalue weighted by atomic mass is 79.9. The lowest BCUT2D eigenvalue weighted by molar-refractivity contribution is 0.0442. The van der Waals surface area contributed by atoms with E-state index < -0.39 is 0 Å². The number of ether oxygens (including phenoxy) is 1. The zero-order chi connectivity index (χ0) is 11.5. The van der Waals surface area contributed by atoms with Crippen LogP contribution in [0.4, 0.5) is 0 Å². The molecule has 90 valence electrons. The van der Waals surface area contributed by atoms with Crippen LogP contribution in [0.5, 0.6) is 0 Å². The molecule has 0 spiro atoms. The number of furan rings is 1. The van der Waals surface area contributed by atoms with Crippen LogP contribution in [-0.4, -0.2) is 19.8 Å². The molecule has 4 heteroatoms. The monoisotopic (exact) mass is 287 g/mol. The van der Waals surface area contributed by atoms with Crippen LogP contribution in [0.25, 0.3) is 0 Å². The molecule has 0 amide bonds. The van der Waals surface area contributed by atoms with Gasteiger partial charge in [-0.3, -0.25) is 0 Å². The second-order valence-corrected chi connectivity index (χ2v) is 5.06. The maximum Gasteiger partial charge on any atom is 0.137 e. The molecule has 1 saturated carbocycles. The fourth-order valence-corrected chi connectivity index (χ4v) is 2.58. The smallest absolute Gasteiger partial charge is 0.137 e. The molecule has 1 aliphatic rings. The summed E-state index contributed by atoms with van der Waals surface area (Å²) >= 11 is 3.51. The Labute approximate surface area is 105 Å². The molecule has 1 aromatic rings. The van der Waals surface area contributed by atoms with Gasteiger partial charge in [-0.2, -0.15) is 0 Å². The van der Waals surface area contributed by atoms with Gasteiger partial charge in [-0.1, -0.05) is 6.92 Å². The fraction of sp³-hybridized carbons (Fsp3) is 0.667. The third kappa shape index (κ3) is 2.50. The van der Waals surface area contributed by atoms with Crippen molar-refractivity contribution < 1.29 is 9.15 Å². The predicted molar refractivity (Wildman–Crippen MR) is 66.3 cm³/mol. The second kappa shape index (κ2) is 5.34. The van der Waals surface area contributed by atoms with Crippen LogP contribution in [0.3, 0.4) is 0 Å². The highest BCUT2D eigenvalue weighted by Crippen LogP contribution is 2.41. The lowest BCUT2D eigenvalue weighted by Gasteiger charge is -2.25. The van der Waals surface area contributed by atoms with Crippen LogP contribution in [-0.2, 0) is 4.74 Å². The lowest BCUT2D eigenvalue weighted by atomic mass is 10.0. The van der Waals surface area contributed by atoms with Crippen LogP contribution in [0, 0.1) is 5.92 Å². The Hall–Kier alpha value is -0.320. The molecule has 2 rings (SSSR count). The molecule has 1 heterocycles. The summed E-state index contributed by atoms with van der Waals surface area (Å²) in [5, 5.41) is 3.45. The minimum Gasteiger partial charge on any atom is -0.466 e. The first-order valence-corrected chi connectivity index (χ1v) is 6.56. The van der Waals surface area contributed by atoms with Crippen molar-refractivity contribution in [2.24, 2.45) is 5.92 Å². The standard InChI is InChI=1S/C12H18BrNO2/c1-3-14-10(11(15-2)8-4-5-8)12-9(13)6-7-16-12/h6-8,10-11,14H,3-5H2,1-2H3. The van der Waals surface area contributed by atoms with Gasteiger partial charge >= 0.3 is 0 Å². The number of hydrogen-bond donors (Lipinski definition) is 1. The summed E-state index contributed by atoms with van der Waals surface area (Å²) in [6.45, 7) is 3.01. The molecule has 0 aromatic carbocycles. The first-order valence-electron chi connectivity index (χ1n) is 5.77. The molecular weight excluding hydrogens is 270 g/mol. The zero-order valence-corrected chi connectivity index (χ0v) is 11.3.